The van der Waals surface area contributed by atoms with Crippen molar-refractivity contribution in [3.8, 4) is 22.5 Å². The molecule has 0 aliphatic carbocycles. The van der Waals surface area contributed by atoms with Crippen LogP contribution in [0.4, 0.5) is 13.2 Å². The van der Waals surface area contributed by atoms with E-state index < -0.39 is 12.1 Å². The minimum Gasteiger partial charge on any atom is -0.475 e. The number of pyridine rings is 1. The zero-order valence-electron chi connectivity index (χ0n) is 19.6. The number of alkyl halides is 3. The SMILES string of the molecule is CC(C)CCCc1cccc(-c2cc(-c3cc4c([nH]3)CCNC4=O)ccn2)c1.O=C(O)C(F)(F)F. The lowest BCUT2D eigenvalue weighted by atomic mass is 9.99. The summed E-state index contributed by atoms with van der Waals surface area (Å²) in [4.78, 5) is 28.9. The van der Waals surface area contributed by atoms with Crippen LogP contribution in [0.5, 0.6) is 0 Å². The molecule has 1 aliphatic rings. The van der Waals surface area contributed by atoms with Gasteiger partial charge in [-0.1, -0.05) is 38.5 Å². The van der Waals surface area contributed by atoms with Crippen molar-refractivity contribution >= 4 is 11.9 Å². The van der Waals surface area contributed by atoms with E-state index in [9.17, 15) is 18.0 Å². The highest BCUT2D eigenvalue weighted by atomic mass is 19.4. The van der Waals surface area contributed by atoms with E-state index in [1.54, 1.807) is 0 Å². The van der Waals surface area contributed by atoms with Gasteiger partial charge in [0.25, 0.3) is 5.91 Å². The number of rotatable bonds is 6. The molecule has 35 heavy (non-hydrogen) atoms. The summed E-state index contributed by atoms with van der Waals surface area (Å²) < 4.78 is 31.7. The first-order chi connectivity index (χ1) is 16.5. The lowest BCUT2D eigenvalue weighted by Crippen LogP contribution is -2.31. The third-order valence-electron chi connectivity index (χ3n) is 5.59. The molecule has 1 aliphatic heterocycles. The molecule has 3 N–H and O–H groups in total. The number of H-pyrrole nitrogens is 1. The number of nitrogens with one attached hydrogen (secondary N) is 2. The van der Waals surface area contributed by atoms with Crippen molar-refractivity contribution in [2.45, 2.75) is 45.7 Å². The monoisotopic (exact) mass is 487 g/mol. The average Bonchev–Trinajstić information content (AvgIpc) is 3.25. The van der Waals surface area contributed by atoms with Gasteiger partial charge in [0.1, 0.15) is 0 Å². The quantitative estimate of drug-likeness (QED) is 0.419. The highest BCUT2D eigenvalue weighted by Gasteiger charge is 2.38. The molecule has 1 amide bonds. The van der Waals surface area contributed by atoms with Gasteiger partial charge in [-0.15, -0.1) is 0 Å². The van der Waals surface area contributed by atoms with E-state index in [1.165, 1.54) is 18.4 Å². The number of halogens is 3. The molecule has 1 aromatic carbocycles. The van der Waals surface area contributed by atoms with Crippen LogP contribution in [0.2, 0.25) is 0 Å². The number of amides is 1. The second-order valence-electron chi connectivity index (χ2n) is 8.80. The van der Waals surface area contributed by atoms with Crippen LogP contribution in [0.25, 0.3) is 22.5 Å². The third kappa shape index (κ3) is 7.18. The topological polar surface area (TPSA) is 95.1 Å². The molecule has 0 fully saturated rings. The van der Waals surface area contributed by atoms with Gasteiger partial charge in [0.05, 0.1) is 11.3 Å². The van der Waals surface area contributed by atoms with E-state index in [1.807, 2.05) is 18.3 Å². The number of aliphatic carboxylic acids is 1. The van der Waals surface area contributed by atoms with Crippen molar-refractivity contribution in [3.63, 3.8) is 0 Å². The van der Waals surface area contributed by atoms with Crippen molar-refractivity contribution in [2.24, 2.45) is 5.92 Å². The Labute approximate surface area is 201 Å². The highest BCUT2D eigenvalue weighted by Crippen LogP contribution is 2.27. The normalized spacial score (nSPS) is 13.0. The van der Waals surface area contributed by atoms with Crippen molar-refractivity contribution in [3.05, 3.63) is 65.5 Å². The van der Waals surface area contributed by atoms with Crippen LogP contribution in [-0.4, -0.2) is 39.7 Å². The Bertz CT molecular complexity index is 1190. The number of aromatic amines is 1. The van der Waals surface area contributed by atoms with Gasteiger partial charge in [-0.3, -0.25) is 9.78 Å². The van der Waals surface area contributed by atoms with Crippen molar-refractivity contribution < 1.29 is 27.9 Å². The summed E-state index contributed by atoms with van der Waals surface area (Å²) >= 11 is 0. The minimum absolute atomic E-state index is 0.00660. The van der Waals surface area contributed by atoms with Gasteiger partial charge in [-0.2, -0.15) is 13.2 Å². The van der Waals surface area contributed by atoms with Gasteiger partial charge in [0, 0.05) is 41.7 Å². The zero-order chi connectivity index (χ0) is 25.6. The van der Waals surface area contributed by atoms with Crippen LogP contribution < -0.4 is 5.32 Å². The number of benzene rings is 1. The molecule has 3 heterocycles. The molecule has 0 saturated carbocycles. The lowest BCUT2D eigenvalue weighted by molar-refractivity contribution is -0.192. The van der Waals surface area contributed by atoms with E-state index >= 15 is 0 Å². The van der Waals surface area contributed by atoms with Gasteiger partial charge >= 0.3 is 12.1 Å². The Morgan fingerprint density at radius 1 is 1.14 bits per heavy atom. The number of hydrogen-bond acceptors (Lipinski definition) is 3. The van der Waals surface area contributed by atoms with Gasteiger partial charge < -0.3 is 15.4 Å². The maximum absolute atomic E-state index is 12.0. The fourth-order valence-corrected chi connectivity index (χ4v) is 3.81. The number of carbonyl (C=O) groups excluding carboxylic acids is 1. The largest absolute Gasteiger partial charge is 0.490 e. The minimum atomic E-state index is -5.08. The molecule has 0 spiro atoms. The molecule has 0 bridgehead atoms. The average molecular weight is 488 g/mol. The summed E-state index contributed by atoms with van der Waals surface area (Å²) in [5.41, 5.74) is 7.25. The van der Waals surface area contributed by atoms with Gasteiger partial charge in [0.15, 0.2) is 0 Å². The maximum Gasteiger partial charge on any atom is 0.490 e. The summed E-state index contributed by atoms with van der Waals surface area (Å²) in [5, 5.41) is 10.0. The number of carboxylic acid groups (broad SMARTS) is 1. The Hall–Kier alpha value is -3.62. The molecule has 3 aromatic rings. The molecule has 4 rings (SSSR count). The summed E-state index contributed by atoms with van der Waals surface area (Å²) in [7, 11) is 0. The number of nitrogens with zero attached hydrogens (tertiary/aromatic N) is 1. The van der Waals surface area contributed by atoms with Crippen LogP contribution in [0.1, 0.15) is 48.3 Å². The predicted molar refractivity (Wildman–Crippen MR) is 127 cm³/mol. The second-order valence-corrected chi connectivity index (χ2v) is 8.80. The maximum atomic E-state index is 12.0. The van der Waals surface area contributed by atoms with Crippen LogP contribution in [-0.2, 0) is 17.6 Å². The molecule has 0 unspecified atom stereocenters. The first kappa shape index (κ1) is 26.0. The number of aromatic nitrogens is 2. The van der Waals surface area contributed by atoms with E-state index in [-0.39, 0.29) is 5.91 Å². The number of carbonyl (C=O) groups is 2. The molecule has 0 atom stereocenters. The molecular weight excluding hydrogens is 459 g/mol. The van der Waals surface area contributed by atoms with Crippen molar-refractivity contribution in [1.82, 2.24) is 15.3 Å². The van der Waals surface area contributed by atoms with E-state index in [0.717, 1.165) is 52.5 Å². The molecule has 9 heteroatoms. The Morgan fingerprint density at radius 2 is 1.89 bits per heavy atom. The van der Waals surface area contributed by atoms with E-state index in [2.05, 4.69) is 59.5 Å². The second kappa shape index (κ2) is 11.2. The first-order valence-corrected chi connectivity index (χ1v) is 11.4. The summed E-state index contributed by atoms with van der Waals surface area (Å²) in [6.45, 7) is 5.23. The molecule has 6 nitrogen and oxygen atoms in total. The lowest BCUT2D eigenvalue weighted by Gasteiger charge is -2.11. The van der Waals surface area contributed by atoms with Gasteiger partial charge in [0.2, 0.25) is 0 Å². The first-order valence-electron chi connectivity index (χ1n) is 11.4. The van der Waals surface area contributed by atoms with Crippen molar-refractivity contribution in [2.75, 3.05) is 6.54 Å². The predicted octanol–water partition coefficient (Wildman–Crippen LogP) is 5.64. The van der Waals surface area contributed by atoms with E-state index in [0.29, 0.717) is 6.54 Å². The van der Waals surface area contributed by atoms with Crippen LogP contribution in [0.15, 0.2) is 48.7 Å². The number of fused-ring (bicyclic) bond motifs is 1. The van der Waals surface area contributed by atoms with Gasteiger partial charge in [-0.25, -0.2) is 4.79 Å². The van der Waals surface area contributed by atoms with Crippen LogP contribution in [0, 0.1) is 5.92 Å². The molecule has 0 radical (unpaired) electrons. The fourth-order valence-electron chi connectivity index (χ4n) is 3.81. The summed E-state index contributed by atoms with van der Waals surface area (Å²) in [6, 6.07) is 14.7. The fraction of sp³-hybridized carbons (Fsp3) is 0.346. The standard InChI is InChI=1S/C24H27N3O.C2HF3O2/c1-16(2)5-3-6-17-7-4-8-18(13-17)22-14-19(9-11-25-22)23-15-20-21(27-23)10-12-26-24(20)28;3-2(4,5)1(6)7/h4,7-9,11,13-16,27H,3,5-6,10,12H2,1-2H3,(H,26,28);(H,6,7). The third-order valence-corrected chi connectivity index (χ3v) is 5.59. The number of hydrogen-bond donors (Lipinski definition) is 3. The molecule has 2 aromatic heterocycles. The highest BCUT2D eigenvalue weighted by molar-refractivity contribution is 5.97. The molecule has 186 valence electrons. The molecular formula is C26H28F3N3O3. The smallest absolute Gasteiger partial charge is 0.475 e. The number of carboxylic acids is 1. The summed E-state index contributed by atoms with van der Waals surface area (Å²) in [5.74, 6) is -2.00. The Morgan fingerprint density at radius 3 is 2.54 bits per heavy atom. The summed E-state index contributed by atoms with van der Waals surface area (Å²) in [6.07, 6.45) is 1.17. The zero-order valence-corrected chi connectivity index (χ0v) is 19.6. The Kier molecular flexibility index (Phi) is 8.32. The van der Waals surface area contributed by atoms with Crippen molar-refractivity contribution in [1.29, 1.82) is 0 Å². The Balaban J connectivity index is 0.000000429. The molecule has 0 saturated heterocycles. The number of aryl methyl sites for hydroxylation is 1. The van der Waals surface area contributed by atoms with Crippen LogP contribution >= 0.6 is 0 Å². The van der Waals surface area contributed by atoms with Gasteiger partial charge in [-0.05, 0) is 48.6 Å². The van der Waals surface area contributed by atoms with E-state index in [4.69, 9.17) is 9.90 Å². The van der Waals surface area contributed by atoms with Crippen LogP contribution in [0.3, 0.4) is 0 Å².